The second-order valence-corrected chi connectivity index (χ2v) is 6.07. The lowest BCUT2D eigenvalue weighted by molar-refractivity contribution is -0.140. The van der Waals surface area contributed by atoms with Crippen LogP contribution in [-0.2, 0) is 16.0 Å². The molecule has 0 amide bonds. The van der Waals surface area contributed by atoms with Crippen LogP contribution in [0.1, 0.15) is 80.6 Å². The number of carbonyl (C=O) groups is 2. The van der Waals surface area contributed by atoms with Crippen LogP contribution in [0.15, 0.2) is 24.3 Å². The number of unbranched alkanes of at least 4 members (excludes halogenated alkanes) is 5. The van der Waals surface area contributed by atoms with E-state index in [1.165, 1.54) is 25.5 Å². The highest BCUT2D eigenvalue weighted by atomic mass is 16.5. The molecular weight excluding hydrogens is 288 g/mol. The Bertz CT molecular complexity index is 462. The van der Waals surface area contributed by atoms with Crippen molar-refractivity contribution in [1.29, 1.82) is 0 Å². The number of methoxy groups -OCH3 is 1. The van der Waals surface area contributed by atoms with Crippen molar-refractivity contribution in [3.05, 3.63) is 35.4 Å². The number of rotatable bonds is 12. The molecule has 3 nitrogen and oxygen atoms in total. The Balaban J connectivity index is 2.15. The summed E-state index contributed by atoms with van der Waals surface area (Å²) in [5.74, 6) is 0.101. The van der Waals surface area contributed by atoms with Crippen LogP contribution in [0, 0.1) is 0 Å². The number of aryl methyl sites for hydroxylation is 1. The fourth-order valence-corrected chi connectivity index (χ4v) is 2.57. The highest BCUT2D eigenvalue weighted by Crippen LogP contribution is 2.13. The van der Waals surface area contributed by atoms with Gasteiger partial charge in [0.05, 0.1) is 7.11 Å². The lowest BCUT2D eigenvalue weighted by atomic mass is 10.0. The number of esters is 1. The molecule has 0 heterocycles. The van der Waals surface area contributed by atoms with Gasteiger partial charge in [0.1, 0.15) is 0 Å². The summed E-state index contributed by atoms with van der Waals surface area (Å²) in [5.41, 5.74) is 2.14. The summed E-state index contributed by atoms with van der Waals surface area (Å²) in [7, 11) is 1.42. The third kappa shape index (κ3) is 8.53. The molecule has 0 aliphatic heterocycles. The van der Waals surface area contributed by atoms with Gasteiger partial charge in [0.2, 0.25) is 0 Å². The van der Waals surface area contributed by atoms with E-state index in [4.69, 9.17) is 0 Å². The predicted molar refractivity (Wildman–Crippen MR) is 93.7 cm³/mol. The minimum Gasteiger partial charge on any atom is -0.469 e. The minimum atomic E-state index is -0.137. The number of benzene rings is 1. The van der Waals surface area contributed by atoms with E-state index in [1.807, 2.05) is 12.1 Å². The van der Waals surface area contributed by atoms with E-state index in [-0.39, 0.29) is 11.8 Å². The van der Waals surface area contributed by atoms with Crippen LogP contribution < -0.4 is 0 Å². The first-order valence-corrected chi connectivity index (χ1v) is 8.86. The molecule has 3 heteroatoms. The second-order valence-electron chi connectivity index (χ2n) is 6.07. The van der Waals surface area contributed by atoms with Gasteiger partial charge in [-0.15, -0.1) is 0 Å². The zero-order valence-corrected chi connectivity index (χ0v) is 14.6. The molecule has 0 aliphatic carbocycles. The van der Waals surface area contributed by atoms with E-state index in [9.17, 15) is 9.59 Å². The van der Waals surface area contributed by atoms with Gasteiger partial charge in [-0.2, -0.15) is 0 Å². The van der Waals surface area contributed by atoms with Gasteiger partial charge in [-0.05, 0) is 31.2 Å². The van der Waals surface area contributed by atoms with Crippen LogP contribution in [0.2, 0.25) is 0 Å². The van der Waals surface area contributed by atoms with Gasteiger partial charge in [0.15, 0.2) is 5.78 Å². The first kappa shape index (κ1) is 19.4. The maximum Gasteiger partial charge on any atom is 0.305 e. The van der Waals surface area contributed by atoms with Crippen molar-refractivity contribution >= 4 is 11.8 Å². The van der Waals surface area contributed by atoms with Crippen molar-refractivity contribution in [3.63, 3.8) is 0 Å². The van der Waals surface area contributed by atoms with Crippen molar-refractivity contribution in [2.24, 2.45) is 0 Å². The summed E-state index contributed by atoms with van der Waals surface area (Å²) in [6, 6.07) is 8.08. The smallest absolute Gasteiger partial charge is 0.305 e. The molecule has 1 aromatic rings. The highest BCUT2D eigenvalue weighted by Gasteiger charge is 2.06. The Morgan fingerprint density at radius 1 is 0.870 bits per heavy atom. The summed E-state index contributed by atoms with van der Waals surface area (Å²) in [5, 5.41) is 0. The summed E-state index contributed by atoms with van der Waals surface area (Å²) >= 11 is 0. The van der Waals surface area contributed by atoms with E-state index in [0.29, 0.717) is 12.8 Å². The van der Waals surface area contributed by atoms with Gasteiger partial charge in [-0.25, -0.2) is 0 Å². The predicted octanol–water partition coefficient (Wildman–Crippen LogP) is 5.12. The molecule has 0 aliphatic rings. The van der Waals surface area contributed by atoms with Crippen LogP contribution in [-0.4, -0.2) is 18.9 Å². The maximum absolute atomic E-state index is 12.1. The summed E-state index contributed by atoms with van der Waals surface area (Å²) in [6.45, 7) is 2.19. The first-order valence-electron chi connectivity index (χ1n) is 8.86. The molecule has 23 heavy (non-hydrogen) atoms. The third-order valence-electron chi connectivity index (χ3n) is 4.11. The quantitative estimate of drug-likeness (QED) is 0.305. The summed E-state index contributed by atoms with van der Waals surface area (Å²) in [6.07, 6.45) is 9.54. The average Bonchev–Trinajstić information content (AvgIpc) is 2.59. The van der Waals surface area contributed by atoms with Gasteiger partial charge in [-0.1, -0.05) is 56.9 Å². The summed E-state index contributed by atoms with van der Waals surface area (Å²) < 4.78 is 4.60. The highest BCUT2D eigenvalue weighted by molar-refractivity contribution is 5.96. The fourth-order valence-electron chi connectivity index (χ4n) is 2.57. The van der Waals surface area contributed by atoms with Crippen molar-refractivity contribution in [2.75, 3.05) is 7.11 Å². The number of hydrogen-bond acceptors (Lipinski definition) is 3. The lowest BCUT2D eigenvalue weighted by Gasteiger charge is -2.04. The van der Waals surface area contributed by atoms with Crippen molar-refractivity contribution in [1.82, 2.24) is 0 Å². The number of ether oxygens (including phenoxy) is 1. The Kier molecular flexibility index (Phi) is 10.0. The van der Waals surface area contributed by atoms with Gasteiger partial charge in [-0.3, -0.25) is 9.59 Å². The van der Waals surface area contributed by atoms with Crippen LogP contribution in [0.3, 0.4) is 0 Å². The topological polar surface area (TPSA) is 43.4 Å². The normalized spacial score (nSPS) is 10.5. The lowest BCUT2D eigenvalue weighted by Crippen LogP contribution is -2.00. The van der Waals surface area contributed by atoms with Crippen molar-refractivity contribution in [2.45, 2.75) is 71.1 Å². The molecule has 0 unspecified atom stereocenters. The molecule has 0 N–H and O–H groups in total. The third-order valence-corrected chi connectivity index (χ3v) is 4.11. The fraction of sp³-hybridized carbons (Fsp3) is 0.600. The largest absolute Gasteiger partial charge is 0.469 e. The van der Waals surface area contributed by atoms with Crippen LogP contribution in [0.5, 0.6) is 0 Å². The van der Waals surface area contributed by atoms with Crippen molar-refractivity contribution in [3.8, 4) is 0 Å². The van der Waals surface area contributed by atoms with E-state index in [2.05, 4.69) is 23.8 Å². The van der Waals surface area contributed by atoms with E-state index >= 15 is 0 Å². The number of carbonyl (C=O) groups excluding carboxylic acids is 2. The number of Topliss-reactive ketones (excluding diaryl/α,β-unsaturated/α-hetero) is 1. The molecule has 0 bridgehead atoms. The maximum atomic E-state index is 12.1. The number of hydrogen-bond donors (Lipinski definition) is 0. The van der Waals surface area contributed by atoms with E-state index in [0.717, 1.165) is 44.1 Å². The Labute approximate surface area is 140 Å². The van der Waals surface area contributed by atoms with Gasteiger partial charge < -0.3 is 4.74 Å². The van der Waals surface area contributed by atoms with Gasteiger partial charge in [0.25, 0.3) is 0 Å². The van der Waals surface area contributed by atoms with Gasteiger partial charge >= 0.3 is 5.97 Å². The Hall–Kier alpha value is -1.64. The second kappa shape index (κ2) is 11.9. The van der Waals surface area contributed by atoms with Crippen LogP contribution in [0.25, 0.3) is 0 Å². The molecule has 0 atom stereocenters. The average molecular weight is 318 g/mol. The minimum absolute atomic E-state index is 0.137. The Morgan fingerprint density at radius 2 is 1.48 bits per heavy atom. The molecular formula is C20H30O3. The van der Waals surface area contributed by atoms with Crippen molar-refractivity contribution < 1.29 is 14.3 Å². The molecule has 0 saturated heterocycles. The zero-order valence-electron chi connectivity index (χ0n) is 14.6. The van der Waals surface area contributed by atoms with E-state index < -0.39 is 0 Å². The SMILES string of the molecule is CCCCc1ccc(C(=O)CCCCCCCC(=O)OC)cc1. The van der Waals surface area contributed by atoms with Crippen LogP contribution >= 0.6 is 0 Å². The zero-order chi connectivity index (χ0) is 16.9. The first-order chi connectivity index (χ1) is 11.2. The molecule has 0 fully saturated rings. The van der Waals surface area contributed by atoms with Gasteiger partial charge in [0, 0.05) is 18.4 Å². The molecule has 0 spiro atoms. The number of ketones is 1. The standard InChI is InChI=1S/C20H30O3/c1-3-4-10-17-13-15-18(16-14-17)19(21)11-8-6-5-7-9-12-20(22)23-2/h13-16H,3-12H2,1-2H3. The Morgan fingerprint density at radius 3 is 2.09 bits per heavy atom. The summed E-state index contributed by atoms with van der Waals surface area (Å²) in [4.78, 5) is 23.1. The molecule has 0 aromatic heterocycles. The molecule has 1 rings (SSSR count). The monoisotopic (exact) mass is 318 g/mol. The molecule has 0 saturated carbocycles. The molecule has 0 radical (unpaired) electrons. The molecule has 128 valence electrons. The van der Waals surface area contributed by atoms with Crippen LogP contribution in [0.4, 0.5) is 0 Å². The van der Waals surface area contributed by atoms with E-state index in [1.54, 1.807) is 0 Å². The molecule has 1 aromatic carbocycles.